The van der Waals surface area contributed by atoms with Gasteiger partial charge in [-0.2, -0.15) is 0 Å². The molecule has 1 aliphatic heterocycles. The third-order valence-corrected chi connectivity index (χ3v) is 5.80. The molecule has 1 N–H and O–H groups in total. The minimum atomic E-state index is -0.508. The normalized spacial score (nSPS) is 14.8. The fourth-order valence-electron chi connectivity index (χ4n) is 3.12. The molecular formula is C24H18ClIN2O3. The Hall–Kier alpha value is -2.84. The molecule has 0 atom stereocenters. The molecule has 3 amide bonds. The van der Waals surface area contributed by atoms with Gasteiger partial charge in [-0.25, -0.2) is 9.69 Å². The lowest BCUT2D eigenvalue weighted by Gasteiger charge is -2.11. The van der Waals surface area contributed by atoms with Crippen molar-refractivity contribution in [2.24, 2.45) is 0 Å². The lowest BCUT2D eigenvalue weighted by Crippen LogP contribution is -2.30. The number of nitrogens with zero attached hydrogens (tertiary/aromatic N) is 1. The van der Waals surface area contributed by atoms with Crippen molar-refractivity contribution in [2.75, 3.05) is 4.90 Å². The molecule has 1 heterocycles. The van der Waals surface area contributed by atoms with E-state index in [4.69, 9.17) is 16.3 Å². The van der Waals surface area contributed by atoms with Gasteiger partial charge in [0.1, 0.15) is 18.1 Å². The van der Waals surface area contributed by atoms with Crippen LogP contribution in [-0.4, -0.2) is 11.9 Å². The van der Waals surface area contributed by atoms with Crippen LogP contribution in [0.25, 0.3) is 6.08 Å². The molecule has 7 heteroatoms. The summed E-state index contributed by atoms with van der Waals surface area (Å²) in [6.45, 7) is 2.52. The van der Waals surface area contributed by atoms with Crippen LogP contribution in [0, 0.1) is 10.5 Å². The van der Waals surface area contributed by atoms with Gasteiger partial charge in [0, 0.05) is 5.02 Å². The zero-order valence-corrected chi connectivity index (χ0v) is 19.5. The molecule has 156 valence electrons. The number of urea groups is 1. The van der Waals surface area contributed by atoms with Gasteiger partial charge in [-0.05, 0) is 77.0 Å². The number of benzene rings is 3. The molecule has 1 saturated heterocycles. The van der Waals surface area contributed by atoms with Crippen LogP contribution in [0.1, 0.15) is 16.7 Å². The van der Waals surface area contributed by atoms with Crippen molar-refractivity contribution in [2.45, 2.75) is 13.5 Å². The van der Waals surface area contributed by atoms with E-state index in [1.807, 2.05) is 37.3 Å². The molecule has 3 aromatic rings. The first kappa shape index (κ1) is 21.4. The van der Waals surface area contributed by atoms with Crippen molar-refractivity contribution in [3.05, 3.63) is 97.7 Å². The highest BCUT2D eigenvalue weighted by Crippen LogP contribution is 2.27. The number of amides is 3. The Kier molecular flexibility index (Phi) is 6.29. The van der Waals surface area contributed by atoms with E-state index in [0.717, 1.165) is 25.3 Å². The number of carbonyl (C=O) groups excluding carboxylic acids is 2. The first-order chi connectivity index (χ1) is 14.9. The van der Waals surface area contributed by atoms with Crippen molar-refractivity contribution < 1.29 is 14.3 Å². The van der Waals surface area contributed by atoms with Crippen LogP contribution in [0.5, 0.6) is 5.75 Å². The summed E-state index contributed by atoms with van der Waals surface area (Å²) in [4.78, 5) is 26.2. The number of rotatable bonds is 5. The number of hydrogen-bond acceptors (Lipinski definition) is 3. The highest BCUT2D eigenvalue weighted by molar-refractivity contribution is 14.1. The van der Waals surface area contributed by atoms with E-state index in [0.29, 0.717) is 17.3 Å². The van der Waals surface area contributed by atoms with Crippen LogP contribution in [-0.2, 0) is 11.4 Å². The second-order valence-electron chi connectivity index (χ2n) is 7.07. The van der Waals surface area contributed by atoms with Crippen LogP contribution < -0.4 is 15.0 Å². The first-order valence-electron chi connectivity index (χ1n) is 9.51. The minimum Gasteiger partial charge on any atom is -0.488 e. The average Bonchev–Trinajstić information content (AvgIpc) is 3.01. The number of anilines is 1. The van der Waals surface area contributed by atoms with E-state index in [-0.39, 0.29) is 5.70 Å². The van der Waals surface area contributed by atoms with Crippen LogP contribution in [0.3, 0.4) is 0 Å². The van der Waals surface area contributed by atoms with E-state index in [1.54, 1.807) is 30.3 Å². The molecule has 0 bridgehead atoms. The maximum Gasteiger partial charge on any atom is 0.333 e. The Bertz CT molecular complexity index is 1190. The third-order valence-electron chi connectivity index (χ3n) is 4.73. The topological polar surface area (TPSA) is 58.6 Å². The Morgan fingerprint density at radius 2 is 1.84 bits per heavy atom. The number of aryl methyl sites for hydroxylation is 1. The van der Waals surface area contributed by atoms with Gasteiger partial charge in [0.05, 0.1) is 9.26 Å². The van der Waals surface area contributed by atoms with Crippen molar-refractivity contribution in [1.29, 1.82) is 0 Å². The van der Waals surface area contributed by atoms with E-state index < -0.39 is 11.9 Å². The predicted octanol–water partition coefficient (Wildman–Crippen LogP) is 5.93. The summed E-state index contributed by atoms with van der Waals surface area (Å²) in [7, 11) is 0. The van der Waals surface area contributed by atoms with Crippen LogP contribution in [0.2, 0.25) is 5.02 Å². The molecule has 5 nitrogen and oxygen atoms in total. The molecule has 0 unspecified atom stereocenters. The molecule has 0 saturated carbocycles. The van der Waals surface area contributed by atoms with Crippen molar-refractivity contribution in [3.8, 4) is 5.75 Å². The Morgan fingerprint density at radius 1 is 1.06 bits per heavy atom. The zero-order valence-electron chi connectivity index (χ0n) is 16.6. The average molecular weight is 545 g/mol. The second kappa shape index (κ2) is 9.11. The second-order valence-corrected chi connectivity index (χ2v) is 8.67. The summed E-state index contributed by atoms with van der Waals surface area (Å²) in [5.41, 5.74) is 3.71. The van der Waals surface area contributed by atoms with E-state index in [2.05, 4.69) is 40.0 Å². The van der Waals surface area contributed by atoms with Gasteiger partial charge < -0.3 is 10.1 Å². The SMILES string of the molecule is Cc1ccc(COc2ccc(/C=C3/NC(=O)N(c4cccc(Cl)c4)C3=O)cc2I)cc1. The van der Waals surface area contributed by atoms with Gasteiger partial charge in [0.25, 0.3) is 5.91 Å². The first-order valence-corrected chi connectivity index (χ1v) is 11.0. The Labute approximate surface area is 198 Å². The van der Waals surface area contributed by atoms with E-state index >= 15 is 0 Å². The highest BCUT2D eigenvalue weighted by atomic mass is 127. The van der Waals surface area contributed by atoms with Gasteiger partial charge in [-0.1, -0.05) is 53.6 Å². The minimum absolute atomic E-state index is 0.203. The number of ether oxygens (including phenoxy) is 1. The number of halogens is 2. The molecule has 1 fully saturated rings. The molecule has 0 aliphatic carbocycles. The predicted molar refractivity (Wildman–Crippen MR) is 130 cm³/mol. The molecule has 1 aliphatic rings. The van der Waals surface area contributed by atoms with Gasteiger partial charge in [0.15, 0.2) is 0 Å². The zero-order chi connectivity index (χ0) is 22.0. The van der Waals surface area contributed by atoms with Crippen LogP contribution >= 0.6 is 34.2 Å². The fraction of sp³-hybridized carbons (Fsp3) is 0.0833. The lowest BCUT2D eigenvalue weighted by molar-refractivity contribution is -0.113. The van der Waals surface area contributed by atoms with Crippen LogP contribution in [0.4, 0.5) is 10.5 Å². The van der Waals surface area contributed by atoms with Gasteiger partial charge >= 0.3 is 6.03 Å². The van der Waals surface area contributed by atoms with E-state index in [1.165, 1.54) is 5.56 Å². The summed E-state index contributed by atoms with van der Waals surface area (Å²) in [6.07, 6.45) is 1.65. The maximum atomic E-state index is 12.8. The lowest BCUT2D eigenvalue weighted by atomic mass is 10.1. The molecule has 0 aromatic heterocycles. The Balaban J connectivity index is 1.49. The Morgan fingerprint density at radius 3 is 2.55 bits per heavy atom. The molecule has 0 radical (unpaired) electrons. The summed E-state index contributed by atoms with van der Waals surface area (Å²) >= 11 is 8.19. The summed E-state index contributed by atoms with van der Waals surface area (Å²) < 4.78 is 6.83. The number of nitrogens with one attached hydrogen (secondary N) is 1. The molecule has 3 aromatic carbocycles. The highest BCUT2D eigenvalue weighted by Gasteiger charge is 2.34. The van der Waals surface area contributed by atoms with Crippen molar-refractivity contribution in [3.63, 3.8) is 0 Å². The summed E-state index contributed by atoms with van der Waals surface area (Å²) in [6, 6.07) is 19.9. The summed E-state index contributed by atoms with van der Waals surface area (Å²) in [5.74, 6) is 0.327. The molecule has 0 spiro atoms. The molecular weight excluding hydrogens is 527 g/mol. The quantitative estimate of drug-likeness (QED) is 0.246. The molecule has 31 heavy (non-hydrogen) atoms. The van der Waals surface area contributed by atoms with Crippen LogP contribution in [0.15, 0.2) is 72.4 Å². The number of imide groups is 1. The van der Waals surface area contributed by atoms with E-state index in [9.17, 15) is 9.59 Å². The largest absolute Gasteiger partial charge is 0.488 e. The number of carbonyl (C=O) groups is 2. The smallest absolute Gasteiger partial charge is 0.333 e. The van der Waals surface area contributed by atoms with Gasteiger partial charge in [-0.15, -0.1) is 0 Å². The molecule has 4 rings (SSSR count). The maximum absolute atomic E-state index is 12.8. The van der Waals surface area contributed by atoms with Gasteiger partial charge in [0.2, 0.25) is 0 Å². The summed E-state index contributed by atoms with van der Waals surface area (Å²) in [5, 5.41) is 3.08. The number of hydrogen-bond donors (Lipinski definition) is 1. The third kappa shape index (κ3) is 4.91. The monoisotopic (exact) mass is 544 g/mol. The standard InChI is InChI=1S/C24H18ClIN2O3/c1-15-5-7-16(8-6-15)14-31-22-10-9-17(11-20(22)26)12-21-23(29)28(24(30)27-21)19-4-2-3-18(25)13-19/h2-13H,14H2,1H3,(H,27,30)/b21-12+. The van der Waals surface area contributed by atoms with Crippen molar-refractivity contribution in [1.82, 2.24) is 5.32 Å². The van der Waals surface area contributed by atoms with Gasteiger partial charge in [-0.3, -0.25) is 4.79 Å². The fourth-order valence-corrected chi connectivity index (χ4v) is 4.00. The van der Waals surface area contributed by atoms with Crippen molar-refractivity contribution >= 4 is 57.9 Å².